The molecule has 4 rings (SSSR count). The second-order valence-corrected chi connectivity index (χ2v) is 12.7. The van der Waals surface area contributed by atoms with Crippen LogP contribution in [0.25, 0.3) is 0 Å². The van der Waals surface area contributed by atoms with Gasteiger partial charge in [0.05, 0.1) is 28.0 Å². The topological polar surface area (TPSA) is 82.1 Å². The van der Waals surface area contributed by atoms with Crippen molar-refractivity contribution in [2.45, 2.75) is 39.7 Å². The molecule has 6 nitrogen and oxygen atoms in total. The normalized spacial score (nSPS) is 11.0. The van der Waals surface area contributed by atoms with Crippen molar-refractivity contribution in [3.8, 4) is 23.0 Å². The first-order valence-corrected chi connectivity index (χ1v) is 15.5. The molecule has 9 heteroatoms. The number of carboxylic acid groups (broad SMARTS) is 1. The molecular weight excluding hydrogens is 732 g/mol. The van der Waals surface area contributed by atoms with Crippen molar-refractivity contribution in [3.05, 3.63) is 114 Å². The van der Waals surface area contributed by atoms with Crippen LogP contribution in [0.5, 0.6) is 23.0 Å². The molecule has 0 unspecified atom stereocenters. The van der Waals surface area contributed by atoms with E-state index in [1.807, 2.05) is 63.2 Å². The summed E-state index contributed by atoms with van der Waals surface area (Å²) in [4.78, 5) is 25.2. The van der Waals surface area contributed by atoms with Gasteiger partial charge in [0.25, 0.3) is 0 Å². The quantitative estimate of drug-likeness (QED) is 0.153. The van der Waals surface area contributed by atoms with Crippen molar-refractivity contribution in [1.29, 1.82) is 0 Å². The first kappa shape index (κ1) is 31.8. The number of carboxylic acids is 1. The first-order valence-electron chi connectivity index (χ1n) is 13.1. The Morgan fingerprint density at radius 1 is 0.881 bits per heavy atom. The Balaban J connectivity index is 1.82. The van der Waals surface area contributed by atoms with E-state index < -0.39 is 5.97 Å². The number of ketones is 1. The van der Waals surface area contributed by atoms with Gasteiger partial charge in [-0.3, -0.25) is 9.59 Å². The fraction of sp³-hybridized carbons (Fsp3) is 0.212. The van der Waals surface area contributed by atoms with Crippen molar-refractivity contribution >= 4 is 59.5 Å². The van der Waals surface area contributed by atoms with Crippen LogP contribution in [0.1, 0.15) is 57.9 Å². The van der Waals surface area contributed by atoms with Gasteiger partial charge in [-0.25, -0.2) is 0 Å². The van der Waals surface area contributed by atoms with Crippen LogP contribution in [0.3, 0.4) is 0 Å². The van der Waals surface area contributed by atoms with E-state index in [1.54, 1.807) is 31.4 Å². The lowest BCUT2D eigenvalue weighted by Gasteiger charge is -2.20. The number of hydrogen-bond donors (Lipinski definition) is 1. The number of aryl methyl sites for hydroxylation is 1. The van der Waals surface area contributed by atoms with Crippen LogP contribution in [-0.2, 0) is 17.8 Å². The molecule has 4 aromatic rings. The van der Waals surface area contributed by atoms with Gasteiger partial charge in [0.15, 0.2) is 11.5 Å². The number of halogens is 3. The number of aliphatic carboxylic acids is 1. The standard InChI is InChI=1S/C33H29Br3O6/c1-18(2)24-15-30(42-33-26(35)11-20(12-27(33)36)13-31(37)38)25(32(39)21-7-5-6-19(3)10-21)16-29(24)41-17-22-8-9-23(34)14-28(22)40-4/h5-12,14-16,18H,13,17H2,1-4H3,(H,37,38). The summed E-state index contributed by atoms with van der Waals surface area (Å²) < 4.78 is 20.3. The van der Waals surface area contributed by atoms with Crippen LogP contribution in [0.4, 0.5) is 0 Å². The van der Waals surface area contributed by atoms with Crippen LogP contribution >= 0.6 is 47.8 Å². The Bertz CT molecular complexity index is 1620. The summed E-state index contributed by atoms with van der Waals surface area (Å²) in [5, 5.41) is 9.22. The minimum atomic E-state index is -0.938. The Kier molecular flexibility index (Phi) is 10.5. The Morgan fingerprint density at radius 2 is 1.60 bits per heavy atom. The van der Waals surface area contributed by atoms with Crippen LogP contribution in [-0.4, -0.2) is 24.0 Å². The van der Waals surface area contributed by atoms with E-state index in [2.05, 4.69) is 47.8 Å². The van der Waals surface area contributed by atoms with Gasteiger partial charge >= 0.3 is 5.97 Å². The van der Waals surface area contributed by atoms with Crippen molar-refractivity contribution in [2.24, 2.45) is 0 Å². The molecule has 0 aromatic heterocycles. The van der Waals surface area contributed by atoms with E-state index in [0.29, 0.717) is 48.6 Å². The van der Waals surface area contributed by atoms with E-state index in [4.69, 9.17) is 14.2 Å². The lowest BCUT2D eigenvalue weighted by molar-refractivity contribution is -0.136. The predicted molar refractivity (Wildman–Crippen MR) is 173 cm³/mol. The largest absolute Gasteiger partial charge is 0.496 e. The van der Waals surface area contributed by atoms with Crippen LogP contribution in [0, 0.1) is 6.92 Å². The summed E-state index contributed by atoms with van der Waals surface area (Å²) in [5.41, 5.74) is 4.12. The Hall–Kier alpha value is -3.14. The van der Waals surface area contributed by atoms with Crippen molar-refractivity contribution in [3.63, 3.8) is 0 Å². The van der Waals surface area contributed by atoms with E-state index in [1.165, 1.54) is 0 Å². The van der Waals surface area contributed by atoms with Gasteiger partial charge < -0.3 is 19.3 Å². The van der Waals surface area contributed by atoms with Gasteiger partial charge in [0.1, 0.15) is 23.9 Å². The summed E-state index contributed by atoms with van der Waals surface area (Å²) in [5.74, 6) is 0.913. The SMILES string of the molecule is COc1cc(Br)ccc1COc1cc(C(=O)c2cccc(C)c2)c(Oc2c(Br)cc(CC(=O)O)cc2Br)cc1C(C)C. The predicted octanol–water partition coefficient (Wildman–Crippen LogP) is 9.64. The molecule has 1 N–H and O–H groups in total. The molecule has 42 heavy (non-hydrogen) atoms. The number of benzene rings is 4. The third-order valence-corrected chi connectivity index (χ3v) is 8.19. The summed E-state index contributed by atoms with van der Waals surface area (Å²) >= 11 is 10.5. The molecule has 218 valence electrons. The minimum absolute atomic E-state index is 0.0436. The number of methoxy groups -OCH3 is 1. The van der Waals surface area contributed by atoms with Gasteiger partial charge in [0.2, 0.25) is 0 Å². The van der Waals surface area contributed by atoms with Gasteiger partial charge in [-0.1, -0.05) is 59.6 Å². The molecule has 0 saturated carbocycles. The minimum Gasteiger partial charge on any atom is -0.496 e. The lowest BCUT2D eigenvalue weighted by Crippen LogP contribution is -2.08. The molecule has 0 amide bonds. The van der Waals surface area contributed by atoms with E-state index in [-0.39, 0.29) is 24.7 Å². The fourth-order valence-corrected chi connectivity index (χ4v) is 6.23. The number of rotatable bonds is 11. The Labute approximate surface area is 270 Å². The Morgan fingerprint density at radius 3 is 2.21 bits per heavy atom. The van der Waals surface area contributed by atoms with Crippen molar-refractivity contribution in [1.82, 2.24) is 0 Å². The molecule has 0 saturated heterocycles. The van der Waals surface area contributed by atoms with Crippen LogP contribution < -0.4 is 14.2 Å². The van der Waals surface area contributed by atoms with Gasteiger partial charge in [-0.15, -0.1) is 0 Å². The highest BCUT2D eigenvalue weighted by atomic mass is 79.9. The van der Waals surface area contributed by atoms with Gasteiger partial charge in [-0.2, -0.15) is 0 Å². The van der Waals surface area contributed by atoms with Crippen molar-refractivity contribution in [2.75, 3.05) is 7.11 Å². The smallest absolute Gasteiger partial charge is 0.307 e. The van der Waals surface area contributed by atoms with Gasteiger partial charge in [0, 0.05) is 21.2 Å². The molecule has 0 aliphatic carbocycles. The third kappa shape index (κ3) is 7.62. The highest BCUT2D eigenvalue weighted by Gasteiger charge is 2.23. The summed E-state index contributed by atoms with van der Waals surface area (Å²) in [6, 6.07) is 20.1. The number of ether oxygens (including phenoxy) is 3. The van der Waals surface area contributed by atoms with Crippen LogP contribution in [0.2, 0.25) is 0 Å². The summed E-state index contributed by atoms with van der Waals surface area (Å²) in [6.07, 6.45) is -0.138. The van der Waals surface area contributed by atoms with E-state index >= 15 is 0 Å². The zero-order chi connectivity index (χ0) is 30.6. The zero-order valence-electron chi connectivity index (χ0n) is 23.5. The zero-order valence-corrected chi connectivity index (χ0v) is 28.2. The number of carbonyl (C=O) groups excluding carboxylic acids is 1. The molecule has 0 bridgehead atoms. The lowest BCUT2D eigenvalue weighted by atomic mass is 9.95. The van der Waals surface area contributed by atoms with Gasteiger partial charge in [-0.05, 0) is 92.7 Å². The average molecular weight is 761 g/mol. The van der Waals surface area contributed by atoms with Crippen LogP contribution in [0.15, 0.2) is 80.1 Å². The second kappa shape index (κ2) is 13.9. The highest BCUT2D eigenvalue weighted by Crippen LogP contribution is 2.42. The molecule has 0 atom stereocenters. The van der Waals surface area contributed by atoms with E-state index in [0.717, 1.165) is 21.2 Å². The average Bonchev–Trinajstić information content (AvgIpc) is 2.93. The first-order chi connectivity index (χ1) is 20.0. The molecular formula is C33H29Br3O6. The summed E-state index contributed by atoms with van der Waals surface area (Å²) in [6.45, 7) is 6.25. The monoisotopic (exact) mass is 758 g/mol. The maximum Gasteiger partial charge on any atom is 0.307 e. The van der Waals surface area contributed by atoms with Crippen molar-refractivity contribution < 1.29 is 28.9 Å². The molecule has 0 radical (unpaired) electrons. The third-order valence-electron chi connectivity index (χ3n) is 6.52. The molecule has 0 spiro atoms. The summed E-state index contributed by atoms with van der Waals surface area (Å²) in [7, 11) is 1.61. The molecule has 0 aliphatic heterocycles. The second-order valence-electron chi connectivity index (χ2n) is 10.0. The highest BCUT2D eigenvalue weighted by molar-refractivity contribution is 9.11. The fourth-order valence-electron chi connectivity index (χ4n) is 4.45. The molecule has 4 aromatic carbocycles. The number of carbonyl (C=O) groups is 2. The maximum atomic E-state index is 14.0. The maximum absolute atomic E-state index is 14.0. The molecule has 0 fully saturated rings. The molecule has 0 aliphatic rings. The molecule has 0 heterocycles. The van der Waals surface area contributed by atoms with E-state index in [9.17, 15) is 14.7 Å². The number of hydrogen-bond acceptors (Lipinski definition) is 5.